The number of hydrogen-bond acceptors (Lipinski definition) is 2. The van der Waals surface area contributed by atoms with E-state index in [2.05, 4.69) is 35.7 Å². The van der Waals surface area contributed by atoms with Crippen molar-refractivity contribution in [3.05, 3.63) is 47.5 Å². The van der Waals surface area contributed by atoms with Crippen LogP contribution < -0.4 is 0 Å². The fraction of sp³-hybridized carbons (Fsp3) is 0.308. The first kappa shape index (κ1) is 13.9. The lowest BCUT2D eigenvalue weighted by atomic mass is 10.1. The summed E-state index contributed by atoms with van der Waals surface area (Å²) >= 11 is 3.20. The van der Waals surface area contributed by atoms with Gasteiger partial charge in [-0.15, -0.1) is 0 Å². The number of morpholine rings is 1. The molecule has 0 aromatic heterocycles. The first-order valence-electron chi connectivity index (χ1n) is 5.30. The largest absolute Gasteiger partial charge is 0.378 e. The molecule has 17 heavy (non-hydrogen) atoms. The molecule has 92 valence electrons. The fourth-order valence-electron chi connectivity index (χ4n) is 1.39. The highest BCUT2D eigenvalue weighted by atomic mass is 79.9. The van der Waals surface area contributed by atoms with Gasteiger partial charge in [0.15, 0.2) is 0 Å². The molecule has 0 N–H and O–H groups in total. The minimum atomic E-state index is -0.0804. The Balaban J connectivity index is 2.59. The molecule has 0 spiro atoms. The van der Waals surface area contributed by atoms with Gasteiger partial charge in [0.2, 0.25) is 0 Å². The summed E-state index contributed by atoms with van der Waals surface area (Å²) < 4.78 is 5.92. The van der Waals surface area contributed by atoms with Gasteiger partial charge in [-0.25, -0.2) is 0 Å². The Morgan fingerprint density at radius 1 is 1.18 bits per heavy atom. The van der Waals surface area contributed by atoms with E-state index in [9.17, 15) is 4.79 Å². The number of rotatable bonds is 4. The van der Waals surface area contributed by atoms with Crippen LogP contribution in [-0.2, 0) is 9.53 Å². The van der Waals surface area contributed by atoms with E-state index in [0.717, 1.165) is 4.48 Å². The van der Waals surface area contributed by atoms with E-state index in [-0.39, 0.29) is 5.91 Å². The van der Waals surface area contributed by atoms with Crippen LogP contribution in [0.4, 0.5) is 0 Å². The molecule has 3 nitrogen and oxygen atoms in total. The van der Waals surface area contributed by atoms with Gasteiger partial charge in [0.05, 0.1) is 13.2 Å². The number of ether oxygens (including phenoxy) is 1. The van der Waals surface area contributed by atoms with Crippen molar-refractivity contribution >= 4 is 21.8 Å². The zero-order valence-corrected chi connectivity index (χ0v) is 11.3. The van der Waals surface area contributed by atoms with Gasteiger partial charge in [0.1, 0.15) is 0 Å². The maximum absolute atomic E-state index is 12.0. The second kappa shape index (κ2) is 6.57. The molecule has 4 heteroatoms. The highest BCUT2D eigenvalue weighted by molar-refractivity contribution is 9.11. The zero-order valence-electron chi connectivity index (χ0n) is 9.75. The van der Waals surface area contributed by atoms with E-state index in [1.165, 1.54) is 0 Å². The molecule has 0 aromatic rings. The molecule has 1 saturated heterocycles. The minimum absolute atomic E-state index is 0.0804. The molecule has 0 unspecified atom stereocenters. The molecular formula is C13H16BrNO2. The molecule has 0 atom stereocenters. The van der Waals surface area contributed by atoms with Gasteiger partial charge in [-0.2, -0.15) is 0 Å². The Kier molecular flexibility index (Phi) is 5.38. The minimum Gasteiger partial charge on any atom is -0.378 e. The van der Waals surface area contributed by atoms with Crippen molar-refractivity contribution in [1.29, 1.82) is 0 Å². The maximum Gasteiger partial charge on any atom is 0.253 e. The molecule has 0 saturated carbocycles. The number of carbonyl (C=O) groups excluding carboxylic acids is 1. The molecule has 0 radical (unpaired) electrons. The third kappa shape index (κ3) is 4.32. The first-order chi connectivity index (χ1) is 8.02. The smallest absolute Gasteiger partial charge is 0.253 e. The standard InChI is InChI=1S/C13H16BrNO2/c1-10(4-5-11(2)14)12(3)13(16)15-6-8-17-9-7-15/h4-5H,1-3,6-9H2/b5-4-. The lowest BCUT2D eigenvalue weighted by molar-refractivity contribution is -0.130. The van der Waals surface area contributed by atoms with Crippen LogP contribution in [0.3, 0.4) is 0 Å². The Bertz CT molecular complexity index is 379. The van der Waals surface area contributed by atoms with E-state index in [1.54, 1.807) is 17.1 Å². The summed E-state index contributed by atoms with van der Waals surface area (Å²) in [5, 5.41) is 0. The summed E-state index contributed by atoms with van der Waals surface area (Å²) in [5.74, 6) is -0.0804. The quantitative estimate of drug-likeness (QED) is 0.589. The molecule has 1 rings (SSSR count). The molecule has 0 aliphatic carbocycles. The second-order valence-corrected chi connectivity index (χ2v) is 4.71. The van der Waals surface area contributed by atoms with Crippen molar-refractivity contribution in [2.45, 2.75) is 0 Å². The zero-order chi connectivity index (χ0) is 12.8. The van der Waals surface area contributed by atoms with E-state index >= 15 is 0 Å². The first-order valence-corrected chi connectivity index (χ1v) is 6.09. The molecule has 1 fully saturated rings. The summed E-state index contributed by atoms with van der Waals surface area (Å²) in [6, 6.07) is 0. The van der Waals surface area contributed by atoms with E-state index < -0.39 is 0 Å². The Morgan fingerprint density at radius 2 is 1.76 bits per heavy atom. The summed E-state index contributed by atoms with van der Waals surface area (Å²) in [4.78, 5) is 13.8. The van der Waals surface area contributed by atoms with Crippen LogP contribution in [0, 0.1) is 0 Å². The lowest BCUT2D eigenvalue weighted by Crippen LogP contribution is -2.41. The number of amides is 1. The fourth-order valence-corrected chi connectivity index (χ4v) is 1.52. The topological polar surface area (TPSA) is 29.5 Å². The average Bonchev–Trinajstić information content (AvgIpc) is 2.35. The van der Waals surface area contributed by atoms with E-state index in [0.29, 0.717) is 37.4 Å². The number of carbonyl (C=O) groups is 1. The highest BCUT2D eigenvalue weighted by Gasteiger charge is 2.19. The SMILES string of the molecule is C=C(Br)/C=C\C(=C)C(=C)C(=O)N1CCOCC1. The van der Waals surface area contributed by atoms with Gasteiger partial charge in [0.25, 0.3) is 5.91 Å². The van der Waals surface area contributed by atoms with Crippen LogP contribution in [0.25, 0.3) is 0 Å². The van der Waals surface area contributed by atoms with Crippen molar-refractivity contribution in [1.82, 2.24) is 4.90 Å². The van der Waals surface area contributed by atoms with Gasteiger partial charge >= 0.3 is 0 Å². The Labute approximate surface area is 110 Å². The molecule has 1 heterocycles. The number of halogens is 1. The molecule has 0 aromatic carbocycles. The van der Waals surface area contributed by atoms with E-state index in [1.807, 2.05) is 0 Å². The van der Waals surface area contributed by atoms with Crippen LogP contribution in [0.5, 0.6) is 0 Å². The summed E-state index contributed by atoms with van der Waals surface area (Å²) in [5.41, 5.74) is 1.01. The Hall–Kier alpha value is -1.13. The summed E-state index contributed by atoms with van der Waals surface area (Å²) in [6.45, 7) is 13.7. The van der Waals surface area contributed by atoms with Crippen LogP contribution in [-0.4, -0.2) is 37.1 Å². The van der Waals surface area contributed by atoms with Crippen LogP contribution >= 0.6 is 15.9 Å². The predicted octanol–water partition coefficient (Wildman–Crippen LogP) is 2.42. The van der Waals surface area contributed by atoms with Crippen molar-refractivity contribution < 1.29 is 9.53 Å². The molecule has 0 bridgehead atoms. The van der Waals surface area contributed by atoms with Crippen LogP contribution in [0.2, 0.25) is 0 Å². The normalized spacial score (nSPS) is 15.9. The van der Waals surface area contributed by atoms with Gasteiger partial charge < -0.3 is 9.64 Å². The number of allylic oxidation sites excluding steroid dienone is 3. The third-order valence-corrected chi connectivity index (χ3v) is 2.67. The summed E-state index contributed by atoms with van der Waals surface area (Å²) in [6.07, 6.45) is 3.46. The average molecular weight is 298 g/mol. The second-order valence-electron chi connectivity index (χ2n) is 3.69. The number of nitrogens with zero attached hydrogens (tertiary/aromatic N) is 1. The van der Waals surface area contributed by atoms with Gasteiger partial charge in [-0.3, -0.25) is 4.79 Å². The number of hydrogen-bond donors (Lipinski definition) is 0. The molecular weight excluding hydrogens is 282 g/mol. The maximum atomic E-state index is 12.0. The Morgan fingerprint density at radius 3 is 2.29 bits per heavy atom. The van der Waals surface area contributed by atoms with Crippen LogP contribution in [0.1, 0.15) is 0 Å². The van der Waals surface area contributed by atoms with Crippen molar-refractivity contribution in [2.24, 2.45) is 0 Å². The molecule has 1 amide bonds. The van der Waals surface area contributed by atoms with Crippen molar-refractivity contribution in [2.75, 3.05) is 26.3 Å². The predicted molar refractivity (Wildman–Crippen MR) is 72.9 cm³/mol. The van der Waals surface area contributed by atoms with Gasteiger partial charge in [0, 0.05) is 23.1 Å². The van der Waals surface area contributed by atoms with Crippen molar-refractivity contribution in [3.8, 4) is 0 Å². The highest BCUT2D eigenvalue weighted by Crippen LogP contribution is 2.14. The van der Waals surface area contributed by atoms with Crippen molar-refractivity contribution in [3.63, 3.8) is 0 Å². The monoisotopic (exact) mass is 297 g/mol. The lowest BCUT2D eigenvalue weighted by Gasteiger charge is -2.27. The third-order valence-electron chi connectivity index (χ3n) is 2.41. The van der Waals surface area contributed by atoms with E-state index in [4.69, 9.17) is 4.74 Å². The van der Waals surface area contributed by atoms with Gasteiger partial charge in [-0.1, -0.05) is 41.7 Å². The molecule has 1 aliphatic rings. The van der Waals surface area contributed by atoms with Crippen LogP contribution in [0.15, 0.2) is 47.5 Å². The molecule has 1 aliphatic heterocycles. The van der Waals surface area contributed by atoms with Gasteiger partial charge in [-0.05, 0) is 11.6 Å². The summed E-state index contributed by atoms with van der Waals surface area (Å²) in [7, 11) is 0.